The van der Waals surface area contributed by atoms with Crippen LogP contribution in [0.3, 0.4) is 0 Å². The summed E-state index contributed by atoms with van der Waals surface area (Å²) in [5, 5.41) is 4.48. The van der Waals surface area contributed by atoms with Gasteiger partial charge in [-0.3, -0.25) is 4.98 Å². The Kier molecular flexibility index (Phi) is 2.96. The fourth-order valence-electron chi connectivity index (χ4n) is 2.62. The van der Waals surface area contributed by atoms with Crippen LogP contribution >= 0.6 is 0 Å². The molecule has 4 aromatic rings. The number of fused-ring (bicyclic) bond motifs is 1. The van der Waals surface area contributed by atoms with Gasteiger partial charge in [0, 0.05) is 18.0 Å². The number of aromatic nitrogens is 5. The lowest BCUT2D eigenvalue weighted by molar-refractivity contribution is 0.579. The summed E-state index contributed by atoms with van der Waals surface area (Å²) in [4.78, 5) is 12.1. The van der Waals surface area contributed by atoms with E-state index in [0.29, 0.717) is 0 Å². The Bertz CT molecular complexity index is 893. The molecule has 0 saturated heterocycles. The van der Waals surface area contributed by atoms with Gasteiger partial charge in [-0.2, -0.15) is 5.10 Å². The average molecular weight is 289 g/mol. The highest BCUT2D eigenvalue weighted by atomic mass is 15.3. The van der Waals surface area contributed by atoms with E-state index in [2.05, 4.69) is 34.1 Å². The normalized spacial score (nSPS) is 12.6. The second-order valence-corrected chi connectivity index (χ2v) is 5.23. The number of pyridine rings is 1. The number of nitrogens with one attached hydrogen (secondary N) is 1. The molecular formula is C17H15N5. The van der Waals surface area contributed by atoms with Crippen LogP contribution in [-0.4, -0.2) is 24.7 Å². The molecule has 1 aromatic carbocycles. The molecule has 3 aromatic heterocycles. The minimum Gasteiger partial charge on any atom is -0.335 e. The minimum absolute atomic E-state index is 0.132. The lowest BCUT2D eigenvalue weighted by Gasteiger charge is -2.12. The maximum atomic E-state index is 4.71. The molecule has 0 aliphatic heterocycles. The van der Waals surface area contributed by atoms with Crippen molar-refractivity contribution in [3.05, 3.63) is 66.6 Å². The topological polar surface area (TPSA) is 59.4 Å². The molecule has 3 heterocycles. The molecule has 1 unspecified atom stereocenters. The summed E-state index contributed by atoms with van der Waals surface area (Å²) < 4.78 is 1.95. The van der Waals surface area contributed by atoms with E-state index in [-0.39, 0.29) is 6.04 Å². The van der Waals surface area contributed by atoms with Gasteiger partial charge in [0.2, 0.25) is 0 Å². The van der Waals surface area contributed by atoms with Crippen LogP contribution in [0.1, 0.15) is 18.5 Å². The summed E-state index contributed by atoms with van der Waals surface area (Å²) in [6.45, 7) is 2.13. The third kappa shape index (κ3) is 2.07. The fraction of sp³-hybridized carbons (Fsp3) is 0.118. The number of rotatable bonds is 3. The van der Waals surface area contributed by atoms with Gasteiger partial charge < -0.3 is 4.98 Å². The van der Waals surface area contributed by atoms with Crippen LogP contribution in [0.5, 0.6) is 0 Å². The van der Waals surface area contributed by atoms with Crippen molar-refractivity contribution in [2.24, 2.45) is 0 Å². The van der Waals surface area contributed by atoms with Crippen LogP contribution in [0.2, 0.25) is 0 Å². The van der Waals surface area contributed by atoms with Crippen molar-refractivity contribution in [1.82, 2.24) is 24.7 Å². The molecule has 0 spiro atoms. The highest BCUT2D eigenvalue weighted by Crippen LogP contribution is 2.24. The van der Waals surface area contributed by atoms with Gasteiger partial charge in [0.1, 0.15) is 11.3 Å². The Balaban J connectivity index is 1.78. The van der Waals surface area contributed by atoms with E-state index in [1.165, 1.54) is 5.56 Å². The van der Waals surface area contributed by atoms with Gasteiger partial charge in [-0.1, -0.05) is 30.3 Å². The maximum absolute atomic E-state index is 4.71. The van der Waals surface area contributed by atoms with Gasteiger partial charge in [-0.15, -0.1) is 0 Å². The van der Waals surface area contributed by atoms with Gasteiger partial charge in [0.25, 0.3) is 0 Å². The van der Waals surface area contributed by atoms with Crippen molar-refractivity contribution in [2.45, 2.75) is 13.0 Å². The molecule has 0 aliphatic carbocycles. The zero-order valence-corrected chi connectivity index (χ0v) is 12.1. The molecule has 1 N–H and O–H groups in total. The highest BCUT2D eigenvalue weighted by Gasteiger charge is 2.15. The Hall–Kier alpha value is -2.95. The van der Waals surface area contributed by atoms with E-state index in [1.54, 1.807) is 12.4 Å². The van der Waals surface area contributed by atoms with Crippen LogP contribution in [0.25, 0.3) is 22.6 Å². The lowest BCUT2D eigenvalue weighted by atomic mass is 10.1. The van der Waals surface area contributed by atoms with Crippen molar-refractivity contribution in [2.75, 3.05) is 0 Å². The number of hydrogen-bond donors (Lipinski definition) is 1. The monoisotopic (exact) mass is 289 g/mol. The molecule has 4 rings (SSSR count). The second kappa shape index (κ2) is 5.11. The highest BCUT2D eigenvalue weighted by molar-refractivity contribution is 5.76. The molecule has 1 atom stereocenters. The number of aromatic amines is 1. The molecule has 0 fully saturated rings. The van der Waals surface area contributed by atoms with Crippen LogP contribution in [-0.2, 0) is 0 Å². The van der Waals surface area contributed by atoms with Crippen molar-refractivity contribution in [3.63, 3.8) is 0 Å². The molecule has 5 heteroatoms. The lowest BCUT2D eigenvalue weighted by Crippen LogP contribution is -2.08. The third-order valence-electron chi connectivity index (χ3n) is 3.84. The first-order valence-electron chi connectivity index (χ1n) is 7.21. The number of H-pyrrole nitrogens is 1. The number of nitrogens with zero attached hydrogens (tertiary/aromatic N) is 4. The number of benzene rings is 1. The van der Waals surface area contributed by atoms with Gasteiger partial charge in [0.05, 0.1) is 12.2 Å². The Morgan fingerprint density at radius 3 is 2.59 bits per heavy atom. The van der Waals surface area contributed by atoms with E-state index < -0.39 is 0 Å². The molecule has 0 bridgehead atoms. The summed E-state index contributed by atoms with van der Waals surface area (Å²) in [5.41, 5.74) is 4.03. The Labute approximate surface area is 127 Å². The van der Waals surface area contributed by atoms with E-state index >= 15 is 0 Å². The zero-order chi connectivity index (χ0) is 14.9. The fourth-order valence-corrected chi connectivity index (χ4v) is 2.62. The number of hydrogen-bond acceptors (Lipinski definition) is 3. The molecule has 0 saturated carbocycles. The number of imidazole rings is 1. The maximum Gasteiger partial charge on any atom is 0.177 e. The van der Waals surface area contributed by atoms with E-state index in [9.17, 15) is 0 Å². The first-order valence-corrected chi connectivity index (χ1v) is 7.21. The van der Waals surface area contributed by atoms with Gasteiger partial charge in [-0.05, 0) is 24.6 Å². The summed E-state index contributed by atoms with van der Waals surface area (Å²) in [6.07, 6.45) is 5.36. The molecule has 22 heavy (non-hydrogen) atoms. The van der Waals surface area contributed by atoms with Crippen molar-refractivity contribution >= 4 is 11.2 Å². The molecule has 0 amide bonds. The first kappa shape index (κ1) is 12.8. The van der Waals surface area contributed by atoms with Crippen LogP contribution in [0, 0.1) is 0 Å². The largest absolute Gasteiger partial charge is 0.335 e. The van der Waals surface area contributed by atoms with E-state index in [1.807, 2.05) is 41.2 Å². The predicted molar refractivity (Wildman–Crippen MR) is 85.4 cm³/mol. The standard InChI is InChI=1S/C17H15N5/c1-12(13-5-3-2-4-6-13)22-17-15(11-19-22)20-16(21-17)14-7-9-18-10-8-14/h2-12H,1H3,(H,20,21). The minimum atomic E-state index is 0.132. The summed E-state index contributed by atoms with van der Waals surface area (Å²) >= 11 is 0. The molecule has 5 nitrogen and oxygen atoms in total. The molecule has 108 valence electrons. The van der Waals surface area contributed by atoms with Crippen molar-refractivity contribution in [1.29, 1.82) is 0 Å². The quantitative estimate of drug-likeness (QED) is 0.628. The van der Waals surface area contributed by atoms with Crippen molar-refractivity contribution < 1.29 is 0 Å². The predicted octanol–water partition coefficient (Wildman–Crippen LogP) is 3.43. The van der Waals surface area contributed by atoms with Crippen LogP contribution in [0.15, 0.2) is 61.1 Å². The Morgan fingerprint density at radius 1 is 1.05 bits per heavy atom. The summed E-state index contributed by atoms with van der Waals surface area (Å²) in [6, 6.07) is 14.3. The second-order valence-electron chi connectivity index (χ2n) is 5.23. The zero-order valence-electron chi connectivity index (χ0n) is 12.1. The summed E-state index contributed by atoms with van der Waals surface area (Å²) in [5.74, 6) is 0.837. The van der Waals surface area contributed by atoms with Gasteiger partial charge in [-0.25, -0.2) is 9.67 Å². The van der Waals surface area contributed by atoms with Crippen LogP contribution in [0.4, 0.5) is 0 Å². The SMILES string of the molecule is CC(c1ccccc1)n1ncc2[nH]c(-c3ccncc3)nc21. The van der Waals surface area contributed by atoms with Crippen molar-refractivity contribution in [3.8, 4) is 11.4 Å². The van der Waals surface area contributed by atoms with Crippen LogP contribution < -0.4 is 0 Å². The van der Waals surface area contributed by atoms with Gasteiger partial charge >= 0.3 is 0 Å². The molecule has 0 aliphatic rings. The molecule has 0 radical (unpaired) electrons. The average Bonchev–Trinajstić information content (AvgIpc) is 3.16. The third-order valence-corrected chi connectivity index (χ3v) is 3.84. The summed E-state index contributed by atoms with van der Waals surface area (Å²) in [7, 11) is 0. The first-order chi connectivity index (χ1) is 10.8. The van der Waals surface area contributed by atoms with Gasteiger partial charge in [0.15, 0.2) is 5.65 Å². The Morgan fingerprint density at radius 2 is 1.82 bits per heavy atom. The smallest absolute Gasteiger partial charge is 0.177 e. The van der Waals surface area contributed by atoms with E-state index in [0.717, 1.165) is 22.6 Å². The van der Waals surface area contributed by atoms with E-state index in [4.69, 9.17) is 4.98 Å². The molecular weight excluding hydrogens is 274 g/mol.